The Bertz CT molecular complexity index is 4170. The molecule has 0 aromatic heterocycles. The standard InChI is InChI=1S/C96H122N2O8/c1-25-29-31-59(27-3)53-97-85(99)69-49-73(103-65-41-33-61(34-42-65)93(17,18)55-89(5,6)7)79-81-75(105-67-45-37-63(38-46-67)95(21,22)57-91(11,12)13)51-71-78-72(88(102)98(87(71)101)54-60(28-4)32-30-26-2)52-76(106-68-47-39-64(40-48-68)96(23,24)58-92(14,15)16)82(84(78)81)80-74(50-70(86(97)100)77(69)83(79)80)104-66-43-35-62(36-44-66)94(19,20)56-90(8,9)10/h33-52,59-60H,25-32,53-58H2,1-24H3. The molecule has 0 radical (unpaired) electrons. The Morgan fingerprint density at radius 3 is 0.679 bits per heavy atom. The third-order valence-corrected chi connectivity index (χ3v) is 22.4. The van der Waals surface area contributed by atoms with Gasteiger partial charge in [0.1, 0.15) is 46.0 Å². The molecule has 564 valence electrons. The van der Waals surface area contributed by atoms with E-state index in [1.54, 1.807) is 0 Å². The third kappa shape index (κ3) is 16.6. The van der Waals surface area contributed by atoms with Crippen LogP contribution < -0.4 is 18.9 Å². The smallest absolute Gasteiger partial charge is 0.261 e. The van der Waals surface area contributed by atoms with Gasteiger partial charge in [-0.25, -0.2) is 0 Å². The minimum atomic E-state index is -0.426. The van der Waals surface area contributed by atoms with Crippen molar-refractivity contribution >= 4 is 66.7 Å². The summed E-state index contributed by atoms with van der Waals surface area (Å²) in [5.74, 6) is 1.68. The second-order valence-corrected chi connectivity index (χ2v) is 39.0. The van der Waals surface area contributed by atoms with Gasteiger partial charge in [-0.2, -0.15) is 0 Å². The van der Waals surface area contributed by atoms with Crippen LogP contribution in [0.3, 0.4) is 0 Å². The van der Waals surface area contributed by atoms with Crippen LogP contribution in [-0.4, -0.2) is 46.5 Å². The van der Waals surface area contributed by atoms with Crippen LogP contribution in [0, 0.1) is 33.5 Å². The fourth-order valence-corrected chi connectivity index (χ4v) is 18.7. The van der Waals surface area contributed by atoms with Crippen molar-refractivity contribution in [3.05, 3.63) is 166 Å². The van der Waals surface area contributed by atoms with E-state index in [0.29, 0.717) is 111 Å². The van der Waals surface area contributed by atoms with E-state index in [4.69, 9.17) is 18.9 Å². The number of rotatable bonds is 28. The van der Waals surface area contributed by atoms with Gasteiger partial charge in [0.25, 0.3) is 23.6 Å². The van der Waals surface area contributed by atoms with Crippen molar-refractivity contribution < 1.29 is 38.1 Å². The van der Waals surface area contributed by atoms with Crippen molar-refractivity contribution in [2.75, 3.05) is 13.1 Å². The molecule has 2 atom stereocenters. The van der Waals surface area contributed by atoms with Gasteiger partial charge in [-0.05, 0) is 189 Å². The Morgan fingerprint density at radius 2 is 0.500 bits per heavy atom. The first-order valence-corrected chi connectivity index (χ1v) is 39.7. The van der Waals surface area contributed by atoms with Gasteiger partial charge in [-0.15, -0.1) is 0 Å². The number of amides is 4. The highest BCUT2D eigenvalue weighted by Crippen LogP contribution is 2.59. The first-order chi connectivity index (χ1) is 49.5. The molecule has 2 aliphatic rings. The van der Waals surface area contributed by atoms with Crippen LogP contribution in [0.1, 0.15) is 307 Å². The maximum Gasteiger partial charge on any atom is 0.261 e. The third-order valence-electron chi connectivity index (χ3n) is 22.4. The van der Waals surface area contributed by atoms with E-state index >= 15 is 19.2 Å². The molecule has 0 aliphatic carbocycles. The summed E-state index contributed by atoms with van der Waals surface area (Å²) >= 11 is 0. The van der Waals surface area contributed by atoms with E-state index in [9.17, 15) is 0 Å². The summed E-state index contributed by atoms with van der Waals surface area (Å²) < 4.78 is 30.2. The van der Waals surface area contributed by atoms with Crippen molar-refractivity contribution in [1.82, 2.24) is 9.80 Å². The first kappa shape index (κ1) is 78.8. The molecule has 9 aromatic rings. The van der Waals surface area contributed by atoms with Gasteiger partial charge in [-0.3, -0.25) is 29.0 Å². The van der Waals surface area contributed by atoms with Crippen LogP contribution in [0.25, 0.3) is 43.1 Å². The number of carbonyl (C=O) groups excluding carboxylic acids is 4. The predicted octanol–water partition coefficient (Wildman–Crippen LogP) is 27.4. The van der Waals surface area contributed by atoms with E-state index in [2.05, 4.69) is 215 Å². The normalized spacial score (nSPS) is 14.9. The summed E-state index contributed by atoms with van der Waals surface area (Å²) in [4.78, 5) is 67.7. The van der Waals surface area contributed by atoms with Gasteiger partial charge < -0.3 is 18.9 Å². The van der Waals surface area contributed by atoms with Gasteiger partial charge in [0.05, 0.1) is 22.3 Å². The first-order valence-electron chi connectivity index (χ1n) is 39.7. The molecule has 2 unspecified atom stereocenters. The molecule has 2 heterocycles. The summed E-state index contributed by atoms with van der Waals surface area (Å²) in [6, 6.07) is 40.4. The average molecular weight is 1430 g/mol. The lowest BCUT2D eigenvalue weighted by Crippen LogP contribution is -2.43. The molecule has 2 aliphatic heterocycles. The van der Waals surface area contributed by atoms with Crippen molar-refractivity contribution in [2.24, 2.45) is 33.5 Å². The molecule has 0 N–H and O–H groups in total. The number of fused-ring (bicyclic) bond motifs is 2. The molecule has 10 heteroatoms. The lowest BCUT2D eigenvalue weighted by molar-refractivity contribution is 0.0565. The zero-order chi connectivity index (χ0) is 77.3. The van der Waals surface area contributed by atoms with Crippen molar-refractivity contribution in [3.8, 4) is 46.0 Å². The number of nitrogens with zero attached hydrogens (tertiary/aromatic N) is 2. The van der Waals surface area contributed by atoms with Gasteiger partial charge in [0.2, 0.25) is 0 Å². The zero-order valence-electron chi connectivity index (χ0n) is 68.8. The number of benzene rings is 9. The van der Waals surface area contributed by atoms with Crippen molar-refractivity contribution in [3.63, 3.8) is 0 Å². The molecule has 0 spiro atoms. The van der Waals surface area contributed by atoms with E-state index in [1.165, 1.54) is 9.80 Å². The van der Waals surface area contributed by atoms with Crippen LogP contribution in [0.4, 0.5) is 0 Å². The minimum absolute atomic E-state index is 0.0458. The molecular weight excluding hydrogens is 1310 g/mol. The highest BCUT2D eigenvalue weighted by atomic mass is 16.5. The lowest BCUT2D eigenvalue weighted by Gasteiger charge is -2.34. The van der Waals surface area contributed by atoms with Crippen LogP contribution >= 0.6 is 0 Å². The van der Waals surface area contributed by atoms with Gasteiger partial charge in [-0.1, -0.05) is 253 Å². The van der Waals surface area contributed by atoms with Crippen LogP contribution in [0.5, 0.6) is 46.0 Å². The van der Waals surface area contributed by atoms with Crippen LogP contribution in [0.2, 0.25) is 0 Å². The second-order valence-electron chi connectivity index (χ2n) is 39.0. The quantitative estimate of drug-likeness (QED) is 0.0271. The fraction of sp³-hybridized carbons (Fsp3) is 0.500. The van der Waals surface area contributed by atoms with Crippen molar-refractivity contribution in [1.29, 1.82) is 0 Å². The summed E-state index contributed by atoms with van der Waals surface area (Å²) in [5.41, 5.74) is 5.22. The van der Waals surface area contributed by atoms with Crippen LogP contribution in [-0.2, 0) is 21.7 Å². The van der Waals surface area contributed by atoms with E-state index in [0.717, 1.165) is 99.3 Å². The SMILES string of the molecule is CCCCC(CC)CN1C(=O)c2cc(Oc3ccc(C(C)(C)CC(C)(C)C)cc3)c3c4c(Oc5ccc(C(C)(C)CC(C)(C)C)cc5)cc5c6c(cc(Oc7ccc(C(C)(C)CC(C)(C)C)cc7)c(c7c(Oc8ccc(C(C)(C)CC(C)(C)C)cc8)cc(c2c37)C1=O)c64)C(=O)N(CC(CC)CCCC)C5=O. The number of ether oxygens (including phenoxy) is 4. The molecule has 0 saturated carbocycles. The lowest BCUT2D eigenvalue weighted by atomic mass is 9.72. The minimum Gasteiger partial charge on any atom is -0.457 e. The van der Waals surface area contributed by atoms with Crippen LogP contribution in [0.15, 0.2) is 121 Å². The van der Waals surface area contributed by atoms with E-state index < -0.39 is 23.6 Å². The molecular formula is C96H122N2O8. The van der Waals surface area contributed by atoms with Gasteiger partial charge in [0, 0.05) is 56.2 Å². The Labute approximate surface area is 634 Å². The molecule has 10 nitrogen and oxygen atoms in total. The summed E-state index contributed by atoms with van der Waals surface area (Å²) in [7, 11) is 0. The summed E-state index contributed by atoms with van der Waals surface area (Å²) in [6.07, 6.45) is 10.9. The number of hydrogen-bond donors (Lipinski definition) is 0. The Balaban J connectivity index is 1.32. The highest BCUT2D eigenvalue weighted by Gasteiger charge is 2.43. The molecule has 106 heavy (non-hydrogen) atoms. The van der Waals surface area contributed by atoms with Gasteiger partial charge >= 0.3 is 0 Å². The maximum absolute atomic E-state index is 16.2. The Hall–Kier alpha value is -8.24. The highest BCUT2D eigenvalue weighted by molar-refractivity contribution is 6.45. The molecule has 0 saturated heterocycles. The molecule has 9 aromatic carbocycles. The van der Waals surface area contributed by atoms with Crippen molar-refractivity contribution in [2.45, 2.75) is 265 Å². The van der Waals surface area contributed by atoms with Gasteiger partial charge in [0.15, 0.2) is 0 Å². The molecule has 11 rings (SSSR count). The second kappa shape index (κ2) is 29.4. The fourth-order valence-electron chi connectivity index (χ4n) is 18.7. The number of imide groups is 2. The number of hydrogen-bond acceptors (Lipinski definition) is 8. The summed E-state index contributed by atoms with van der Waals surface area (Å²) in [6.45, 7) is 54.5. The molecule has 0 fully saturated rings. The number of unbranched alkanes of at least 4 members (excludes halogenated alkanes) is 2. The molecule has 4 amide bonds. The van der Waals surface area contributed by atoms with E-state index in [-0.39, 0.29) is 68.2 Å². The Morgan fingerprint density at radius 1 is 0.292 bits per heavy atom. The largest absolute Gasteiger partial charge is 0.457 e. The zero-order valence-corrected chi connectivity index (χ0v) is 68.8. The monoisotopic (exact) mass is 1430 g/mol. The van der Waals surface area contributed by atoms with E-state index in [1.807, 2.05) is 72.8 Å². The summed E-state index contributed by atoms with van der Waals surface area (Å²) in [5, 5.41) is 3.87. The molecule has 0 bridgehead atoms. The maximum atomic E-state index is 16.2. The average Bonchev–Trinajstić information content (AvgIpc) is 0.671. The topological polar surface area (TPSA) is 112 Å². The predicted molar refractivity (Wildman–Crippen MR) is 439 cm³/mol. The number of carbonyl (C=O) groups is 4. The Kier molecular flexibility index (Phi) is 21.9.